The van der Waals surface area contributed by atoms with Gasteiger partial charge in [0.1, 0.15) is 5.75 Å². The van der Waals surface area contributed by atoms with Crippen LogP contribution in [0.5, 0.6) is 5.75 Å². The van der Waals surface area contributed by atoms with Gasteiger partial charge in [-0.3, -0.25) is 10.1 Å². The molecule has 130 valence electrons. The van der Waals surface area contributed by atoms with E-state index < -0.39 is 0 Å². The molecule has 0 spiro atoms. The fraction of sp³-hybridized carbons (Fsp3) is 0.471. The first-order valence-corrected chi connectivity index (χ1v) is 8.08. The number of rotatable bonds is 10. The summed E-state index contributed by atoms with van der Waals surface area (Å²) >= 11 is 0. The molecular weight excluding hydrogens is 310 g/mol. The number of amides is 1. The van der Waals surface area contributed by atoms with E-state index in [0.29, 0.717) is 36.8 Å². The lowest BCUT2D eigenvalue weighted by Gasteiger charge is -2.07. The van der Waals surface area contributed by atoms with Crippen LogP contribution in [0.3, 0.4) is 0 Å². The van der Waals surface area contributed by atoms with Gasteiger partial charge in [-0.2, -0.15) is 0 Å². The SMILES string of the molecule is CCCCCOc1cccc(C(=O)Nc2nnc(CCOC)o2)c1. The number of anilines is 1. The highest BCUT2D eigenvalue weighted by atomic mass is 16.5. The van der Waals surface area contributed by atoms with Crippen LogP contribution < -0.4 is 10.1 Å². The molecule has 0 atom stereocenters. The molecule has 0 saturated heterocycles. The summed E-state index contributed by atoms with van der Waals surface area (Å²) in [6.45, 7) is 3.27. The van der Waals surface area contributed by atoms with Gasteiger partial charge in [0.2, 0.25) is 5.89 Å². The van der Waals surface area contributed by atoms with Crippen molar-refractivity contribution in [3.63, 3.8) is 0 Å². The number of nitrogens with zero attached hydrogens (tertiary/aromatic N) is 2. The highest BCUT2D eigenvalue weighted by molar-refractivity contribution is 6.03. The smallest absolute Gasteiger partial charge is 0.322 e. The van der Waals surface area contributed by atoms with Crippen LogP contribution in [0.15, 0.2) is 28.7 Å². The van der Waals surface area contributed by atoms with Crippen molar-refractivity contribution in [3.05, 3.63) is 35.7 Å². The fourth-order valence-corrected chi connectivity index (χ4v) is 2.03. The van der Waals surface area contributed by atoms with Crippen molar-refractivity contribution in [2.45, 2.75) is 32.6 Å². The third kappa shape index (κ3) is 5.66. The normalized spacial score (nSPS) is 10.6. The summed E-state index contributed by atoms with van der Waals surface area (Å²) in [7, 11) is 1.59. The highest BCUT2D eigenvalue weighted by Crippen LogP contribution is 2.16. The molecule has 7 heteroatoms. The summed E-state index contributed by atoms with van der Waals surface area (Å²) in [5.41, 5.74) is 0.472. The molecule has 0 radical (unpaired) electrons. The molecule has 24 heavy (non-hydrogen) atoms. The van der Waals surface area contributed by atoms with Gasteiger partial charge in [0.15, 0.2) is 0 Å². The standard InChI is InChI=1S/C17H23N3O4/c1-3-4-5-10-23-14-8-6-7-13(12-14)16(21)18-17-20-19-15(24-17)9-11-22-2/h6-8,12H,3-5,9-11H2,1-2H3,(H,18,20,21). The Morgan fingerprint density at radius 1 is 1.25 bits per heavy atom. The number of hydrogen-bond acceptors (Lipinski definition) is 6. The van der Waals surface area contributed by atoms with Gasteiger partial charge in [0.05, 0.1) is 13.2 Å². The zero-order chi connectivity index (χ0) is 17.2. The monoisotopic (exact) mass is 333 g/mol. The minimum absolute atomic E-state index is 0.0698. The van der Waals surface area contributed by atoms with Gasteiger partial charge in [-0.05, 0) is 24.6 Å². The van der Waals surface area contributed by atoms with E-state index in [1.54, 1.807) is 25.3 Å². The molecule has 0 unspecified atom stereocenters. The lowest BCUT2D eigenvalue weighted by atomic mass is 10.2. The number of nitrogens with one attached hydrogen (secondary N) is 1. The topological polar surface area (TPSA) is 86.5 Å². The van der Waals surface area contributed by atoms with Crippen molar-refractivity contribution < 1.29 is 18.7 Å². The number of aromatic nitrogens is 2. The molecule has 1 amide bonds. The first-order chi connectivity index (χ1) is 11.7. The highest BCUT2D eigenvalue weighted by Gasteiger charge is 2.12. The Morgan fingerprint density at radius 2 is 2.12 bits per heavy atom. The van der Waals surface area contributed by atoms with Crippen LogP contribution in [-0.2, 0) is 11.2 Å². The molecule has 0 saturated carbocycles. The van der Waals surface area contributed by atoms with Crippen molar-refractivity contribution in [2.24, 2.45) is 0 Å². The van der Waals surface area contributed by atoms with Gasteiger partial charge in [-0.1, -0.05) is 30.9 Å². The Hall–Kier alpha value is -2.41. The molecule has 1 aromatic heterocycles. The van der Waals surface area contributed by atoms with E-state index in [2.05, 4.69) is 22.4 Å². The van der Waals surface area contributed by atoms with Crippen LogP contribution in [0.1, 0.15) is 42.4 Å². The maximum Gasteiger partial charge on any atom is 0.322 e. The maximum absolute atomic E-state index is 12.2. The first kappa shape index (κ1) is 17.9. The predicted octanol–water partition coefficient (Wildman–Crippen LogP) is 3.08. The minimum Gasteiger partial charge on any atom is -0.494 e. The Morgan fingerprint density at radius 3 is 2.92 bits per heavy atom. The number of unbranched alkanes of at least 4 members (excludes halogenated alkanes) is 2. The lowest BCUT2D eigenvalue weighted by molar-refractivity contribution is 0.102. The molecule has 0 aliphatic heterocycles. The Bertz CT molecular complexity index is 642. The number of carbonyl (C=O) groups excluding carboxylic acids is 1. The largest absolute Gasteiger partial charge is 0.494 e. The predicted molar refractivity (Wildman–Crippen MR) is 89.3 cm³/mol. The third-order valence-electron chi connectivity index (χ3n) is 3.32. The average molecular weight is 333 g/mol. The molecule has 2 rings (SSSR count). The van der Waals surface area contributed by atoms with Gasteiger partial charge in [0, 0.05) is 19.1 Å². The molecular formula is C17H23N3O4. The van der Waals surface area contributed by atoms with Gasteiger partial charge >= 0.3 is 6.01 Å². The van der Waals surface area contributed by atoms with Gasteiger partial charge in [0.25, 0.3) is 5.91 Å². The second-order valence-electron chi connectivity index (χ2n) is 5.28. The molecule has 1 heterocycles. The fourth-order valence-electron chi connectivity index (χ4n) is 2.03. The van der Waals surface area contributed by atoms with Crippen molar-refractivity contribution in [1.29, 1.82) is 0 Å². The Kier molecular flexibility index (Phi) is 7.22. The summed E-state index contributed by atoms with van der Waals surface area (Å²) < 4.78 is 15.9. The number of benzene rings is 1. The zero-order valence-corrected chi connectivity index (χ0v) is 14.1. The van der Waals surface area contributed by atoms with Gasteiger partial charge in [-0.25, -0.2) is 0 Å². The number of methoxy groups -OCH3 is 1. The van der Waals surface area contributed by atoms with Crippen LogP contribution in [0, 0.1) is 0 Å². The van der Waals surface area contributed by atoms with Crippen LogP contribution in [0.25, 0.3) is 0 Å². The average Bonchev–Trinajstić information content (AvgIpc) is 3.04. The van der Waals surface area contributed by atoms with Crippen molar-refractivity contribution >= 4 is 11.9 Å². The summed E-state index contributed by atoms with van der Waals surface area (Å²) in [6.07, 6.45) is 3.77. The first-order valence-electron chi connectivity index (χ1n) is 8.08. The molecule has 1 N–H and O–H groups in total. The zero-order valence-electron chi connectivity index (χ0n) is 14.1. The summed E-state index contributed by atoms with van der Waals surface area (Å²) in [6, 6.07) is 7.08. The van der Waals surface area contributed by atoms with Crippen molar-refractivity contribution in [3.8, 4) is 5.75 Å². The van der Waals surface area contributed by atoms with E-state index in [1.165, 1.54) is 0 Å². The van der Waals surface area contributed by atoms with E-state index in [4.69, 9.17) is 13.9 Å². The van der Waals surface area contributed by atoms with E-state index >= 15 is 0 Å². The Balaban J connectivity index is 1.90. The minimum atomic E-state index is -0.323. The summed E-state index contributed by atoms with van der Waals surface area (Å²) in [4.78, 5) is 12.2. The lowest BCUT2D eigenvalue weighted by Crippen LogP contribution is -2.12. The number of hydrogen-bond donors (Lipinski definition) is 1. The second kappa shape index (κ2) is 9.67. The second-order valence-corrected chi connectivity index (χ2v) is 5.28. The summed E-state index contributed by atoms with van der Waals surface area (Å²) in [5, 5.41) is 10.2. The van der Waals surface area contributed by atoms with Crippen molar-refractivity contribution in [2.75, 3.05) is 25.6 Å². The van der Waals surface area contributed by atoms with E-state index in [9.17, 15) is 4.79 Å². The van der Waals surface area contributed by atoms with Crippen LogP contribution in [0.2, 0.25) is 0 Å². The Labute approximate surface area is 141 Å². The molecule has 0 bridgehead atoms. The molecule has 0 aliphatic carbocycles. The number of ether oxygens (including phenoxy) is 2. The molecule has 0 aliphatic rings. The molecule has 1 aromatic carbocycles. The third-order valence-corrected chi connectivity index (χ3v) is 3.32. The summed E-state index contributed by atoms with van der Waals surface area (Å²) in [5.74, 6) is 0.765. The number of carbonyl (C=O) groups is 1. The van der Waals surface area contributed by atoms with Crippen LogP contribution >= 0.6 is 0 Å². The van der Waals surface area contributed by atoms with E-state index in [-0.39, 0.29) is 11.9 Å². The van der Waals surface area contributed by atoms with E-state index in [0.717, 1.165) is 19.3 Å². The van der Waals surface area contributed by atoms with Crippen LogP contribution in [-0.4, -0.2) is 36.4 Å². The van der Waals surface area contributed by atoms with Gasteiger partial charge < -0.3 is 13.9 Å². The van der Waals surface area contributed by atoms with Gasteiger partial charge in [-0.15, -0.1) is 5.10 Å². The maximum atomic E-state index is 12.2. The quantitative estimate of drug-likeness (QED) is 0.672. The molecule has 2 aromatic rings. The van der Waals surface area contributed by atoms with Crippen molar-refractivity contribution in [1.82, 2.24) is 10.2 Å². The van der Waals surface area contributed by atoms with Crippen LogP contribution in [0.4, 0.5) is 6.01 Å². The van der Waals surface area contributed by atoms with E-state index in [1.807, 2.05) is 6.07 Å². The molecule has 7 nitrogen and oxygen atoms in total. The molecule has 0 fully saturated rings.